The number of rotatable bonds is 12. The fourth-order valence-electron chi connectivity index (χ4n) is 4.18. The van der Waals surface area contributed by atoms with Crippen LogP contribution < -0.4 is 11.2 Å². The van der Waals surface area contributed by atoms with Crippen LogP contribution in [-0.4, -0.2) is 19.0 Å². The highest BCUT2D eigenvalue weighted by Crippen LogP contribution is 2.28. The highest BCUT2D eigenvalue weighted by Gasteiger charge is 2.20. The largest absolute Gasteiger partial charge is 0.352 e. The maximum absolute atomic E-state index is 12.7. The van der Waals surface area contributed by atoms with Crippen LogP contribution in [0.1, 0.15) is 71.1 Å². The molecule has 1 aromatic carbocycles. The summed E-state index contributed by atoms with van der Waals surface area (Å²) >= 11 is 0. The Hall–Kier alpha value is -3.03. The molecule has 32 heavy (non-hydrogen) atoms. The summed E-state index contributed by atoms with van der Waals surface area (Å²) in [5, 5.41) is 12.0. The van der Waals surface area contributed by atoms with Crippen LogP contribution in [0.15, 0.2) is 33.9 Å². The minimum absolute atomic E-state index is 0.0279. The van der Waals surface area contributed by atoms with E-state index in [1.54, 1.807) is 16.7 Å². The Balaban J connectivity index is 1.79. The first-order chi connectivity index (χ1) is 15.4. The number of aromatic nitrogens is 3. The van der Waals surface area contributed by atoms with Gasteiger partial charge in [-0.25, -0.2) is 4.79 Å². The van der Waals surface area contributed by atoms with Crippen molar-refractivity contribution in [3.05, 3.63) is 55.2 Å². The molecule has 2 aliphatic rings. The molecular formula is C24H32N4O4. The zero-order valence-electron chi connectivity index (χ0n) is 19.0. The van der Waals surface area contributed by atoms with Crippen LogP contribution in [0.5, 0.6) is 0 Å². The molecule has 8 heteroatoms. The number of unbranched alkanes of at least 4 members (excludes halogenated alkanes) is 9. The molecule has 0 saturated carbocycles. The standard InChI is InChI=1S/C24H32N4O4/c1-3-4-5-6-7-8-9-10-11-12-15-27-21-17-19(28(31)32)14-13-18(21)16-20-22(27)25-24(30)26(2)23(20)29/h13-14,16-17H,3-12,15H2,1-2H3. The van der Waals surface area contributed by atoms with Crippen molar-refractivity contribution in [2.24, 2.45) is 7.05 Å². The Kier molecular flexibility index (Phi) is 8.14. The summed E-state index contributed by atoms with van der Waals surface area (Å²) in [5.41, 5.74) is -0.0932. The molecule has 0 radical (unpaired) electrons. The second-order valence-electron chi connectivity index (χ2n) is 8.47. The number of non-ortho nitro benzene ring substituents is 1. The number of benzene rings is 1. The second-order valence-corrected chi connectivity index (χ2v) is 8.47. The van der Waals surface area contributed by atoms with E-state index in [9.17, 15) is 19.7 Å². The van der Waals surface area contributed by atoms with Crippen molar-refractivity contribution in [1.82, 2.24) is 14.1 Å². The van der Waals surface area contributed by atoms with Crippen molar-refractivity contribution in [3.63, 3.8) is 0 Å². The molecule has 2 aliphatic heterocycles. The molecular weight excluding hydrogens is 408 g/mol. The van der Waals surface area contributed by atoms with Gasteiger partial charge >= 0.3 is 5.69 Å². The Bertz CT molecular complexity index is 1170. The summed E-state index contributed by atoms with van der Waals surface area (Å²) in [5.74, 6) is 0.294. The average molecular weight is 441 g/mol. The van der Waals surface area contributed by atoms with Crippen molar-refractivity contribution in [1.29, 1.82) is 0 Å². The molecule has 0 aliphatic carbocycles. The highest BCUT2D eigenvalue weighted by molar-refractivity contribution is 5.87. The average Bonchev–Trinajstić information content (AvgIpc) is 2.78. The molecule has 0 fully saturated rings. The van der Waals surface area contributed by atoms with Crippen LogP contribution >= 0.6 is 0 Å². The van der Waals surface area contributed by atoms with E-state index in [0.717, 1.165) is 23.8 Å². The number of nitro groups is 1. The minimum atomic E-state index is -0.621. The second kappa shape index (κ2) is 11.0. The van der Waals surface area contributed by atoms with E-state index < -0.39 is 16.2 Å². The quantitative estimate of drug-likeness (QED) is 0.170. The Morgan fingerprint density at radius 1 is 0.938 bits per heavy atom. The van der Waals surface area contributed by atoms with E-state index in [1.807, 2.05) is 0 Å². The van der Waals surface area contributed by atoms with Crippen LogP contribution in [0.3, 0.4) is 0 Å². The molecule has 1 aromatic rings. The van der Waals surface area contributed by atoms with Crippen LogP contribution in [-0.2, 0) is 13.6 Å². The summed E-state index contributed by atoms with van der Waals surface area (Å²) in [6, 6.07) is 6.23. The topological polar surface area (TPSA) is 100 Å². The molecule has 0 spiro atoms. The SMILES string of the molecule is CCCCCCCCCCCCn1c2nc(=O)n(C)c(=O)c-2cc2ccc([N+](=O)[O-])cc21. The van der Waals surface area contributed by atoms with Crippen LogP contribution in [0, 0.1) is 10.1 Å². The van der Waals surface area contributed by atoms with Gasteiger partial charge in [-0.1, -0.05) is 64.7 Å². The van der Waals surface area contributed by atoms with Crippen molar-refractivity contribution < 1.29 is 4.92 Å². The Labute approximate surface area is 187 Å². The first kappa shape index (κ1) is 23.6. The smallest absolute Gasteiger partial charge is 0.325 e. The van der Waals surface area contributed by atoms with Gasteiger partial charge in [0.2, 0.25) is 0 Å². The number of hydrogen-bond acceptors (Lipinski definition) is 5. The summed E-state index contributed by atoms with van der Waals surface area (Å²) in [6.45, 7) is 2.77. The normalized spacial score (nSPS) is 11.4. The molecule has 0 saturated heterocycles. The van der Waals surface area contributed by atoms with E-state index in [-0.39, 0.29) is 5.69 Å². The number of nitrogens with zero attached hydrogens (tertiary/aromatic N) is 4. The first-order valence-corrected chi connectivity index (χ1v) is 11.6. The summed E-state index contributed by atoms with van der Waals surface area (Å²) in [6.07, 6.45) is 11.9. The van der Waals surface area contributed by atoms with Gasteiger partial charge in [0.1, 0.15) is 0 Å². The van der Waals surface area contributed by atoms with Gasteiger partial charge in [0, 0.05) is 25.7 Å². The molecule has 0 unspecified atom stereocenters. The van der Waals surface area contributed by atoms with Crippen molar-refractivity contribution >= 4 is 16.6 Å². The molecule has 0 amide bonds. The number of nitro benzene ring substituents is 1. The third kappa shape index (κ3) is 5.41. The van der Waals surface area contributed by atoms with Crippen LogP contribution in [0.2, 0.25) is 0 Å². The van der Waals surface area contributed by atoms with E-state index >= 15 is 0 Å². The fraction of sp³-hybridized carbons (Fsp3) is 0.542. The minimum Gasteiger partial charge on any atom is -0.325 e. The maximum atomic E-state index is 12.7. The van der Waals surface area contributed by atoms with Crippen LogP contribution in [0.25, 0.3) is 22.3 Å². The lowest BCUT2D eigenvalue weighted by Gasteiger charge is -2.18. The molecule has 0 aromatic heterocycles. The predicted octanol–water partition coefficient (Wildman–Crippen LogP) is 5.03. The summed E-state index contributed by atoms with van der Waals surface area (Å²) < 4.78 is 2.79. The fourth-order valence-corrected chi connectivity index (χ4v) is 4.18. The lowest BCUT2D eigenvalue weighted by molar-refractivity contribution is -0.384. The molecule has 172 valence electrons. The third-order valence-electron chi connectivity index (χ3n) is 6.07. The molecule has 2 heterocycles. The van der Waals surface area contributed by atoms with E-state index in [1.165, 1.54) is 64.1 Å². The molecule has 3 rings (SSSR count). The number of fused-ring (bicyclic) bond motifs is 2. The van der Waals surface area contributed by atoms with Gasteiger partial charge in [0.05, 0.1) is 16.0 Å². The van der Waals surface area contributed by atoms with E-state index in [4.69, 9.17) is 0 Å². The Morgan fingerprint density at radius 3 is 2.19 bits per heavy atom. The molecule has 0 atom stereocenters. The van der Waals surface area contributed by atoms with Gasteiger partial charge in [-0.05, 0) is 23.9 Å². The maximum Gasteiger partial charge on any atom is 0.352 e. The number of hydrogen-bond donors (Lipinski definition) is 0. The summed E-state index contributed by atoms with van der Waals surface area (Å²) in [4.78, 5) is 39.8. The first-order valence-electron chi connectivity index (χ1n) is 11.6. The predicted molar refractivity (Wildman–Crippen MR) is 126 cm³/mol. The molecule has 0 bridgehead atoms. The molecule has 8 nitrogen and oxygen atoms in total. The summed E-state index contributed by atoms with van der Waals surface area (Å²) in [7, 11) is 1.41. The van der Waals surface area contributed by atoms with Gasteiger partial charge in [0.15, 0.2) is 5.82 Å². The van der Waals surface area contributed by atoms with Crippen molar-refractivity contribution in [2.45, 2.75) is 77.7 Å². The lowest BCUT2D eigenvalue weighted by atomic mass is 10.1. The van der Waals surface area contributed by atoms with Gasteiger partial charge < -0.3 is 4.57 Å². The monoisotopic (exact) mass is 440 g/mol. The third-order valence-corrected chi connectivity index (χ3v) is 6.07. The van der Waals surface area contributed by atoms with Gasteiger partial charge in [-0.3, -0.25) is 19.5 Å². The van der Waals surface area contributed by atoms with Crippen LogP contribution in [0.4, 0.5) is 5.69 Å². The number of pyridine rings is 1. The van der Waals surface area contributed by atoms with Gasteiger partial charge in [-0.15, -0.1) is 0 Å². The molecule has 0 N–H and O–H groups in total. The Morgan fingerprint density at radius 2 is 1.56 bits per heavy atom. The zero-order valence-corrected chi connectivity index (χ0v) is 19.0. The van der Waals surface area contributed by atoms with Crippen molar-refractivity contribution in [2.75, 3.05) is 0 Å². The van der Waals surface area contributed by atoms with E-state index in [2.05, 4.69) is 11.9 Å². The lowest BCUT2D eigenvalue weighted by Crippen LogP contribution is -2.36. The zero-order chi connectivity index (χ0) is 23.1. The van der Waals surface area contributed by atoms with E-state index in [0.29, 0.717) is 28.8 Å². The van der Waals surface area contributed by atoms with Crippen molar-refractivity contribution in [3.8, 4) is 11.4 Å². The number of aryl methyl sites for hydroxylation is 1. The highest BCUT2D eigenvalue weighted by atomic mass is 16.6. The van der Waals surface area contributed by atoms with Gasteiger partial charge in [-0.2, -0.15) is 4.98 Å². The van der Waals surface area contributed by atoms with Gasteiger partial charge in [0.25, 0.3) is 11.2 Å².